The van der Waals surface area contributed by atoms with Crippen LogP contribution in [0.15, 0.2) is 30.8 Å². The molecule has 1 aromatic carbocycles. The standard InChI is InChI=1S/C15H19NO4S/c1-2-11-3-5-12(6-4-11)13(21)7-8-16-14(17)9-20-10-15(18)19/h2-6,13,21H,1,7-10H2,(H,16,17)(H,18,19). The fourth-order valence-electron chi connectivity index (χ4n) is 1.65. The van der Waals surface area contributed by atoms with Gasteiger partial charge in [-0.15, -0.1) is 0 Å². The second-order valence-corrected chi connectivity index (χ2v) is 5.04. The Bertz CT molecular complexity index is 487. The number of carboxylic acid groups (broad SMARTS) is 1. The molecule has 0 radical (unpaired) electrons. The van der Waals surface area contributed by atoms with Crippen LogP contribution in [0.5, 0.6) is 0 Å². The first-order valence-electron chi connectivity index (χ1n) is 6.49. The molecule has 5 nitrogen and oxygen atoms in total. The predicted octanol–water partition coefficient (Wildman–Crippen LogP) is 1.91. The summed E-state index contributed by atoms with van der Waals surface area (Å²) in [4.78, 5) is 21.6. The third-order valence-corrected chi connectivity index (χ3v) is 3.31. The Morgan fingerprint density at radius 2 is 2.00 bits per heavy atom. The minimum Gasteiger partial charge on any atom is -0.480 e. The largest absolute Gasteiger partial charge is 0.480 e. The highest BCUT2D eigenvalue weighted by Crippen LogP contribution is 2.23. The Morgan fingerprint density at radius 3 is 2.57 bits per heavy atom. The minimum absolute atomic E-state index is 0.0177. The van der Waals surface area contributed by atoms with Crippen molar-refractivity contribution in [2.75, 3.05) is 19.8 Å². The van der Waals surface area contributed by atoms with Gasteiger partial charge in [-0.2, -0.15) is 12.6 Å². The lowest BCUT2D eigenvalue weighted by Crippen LogP contribution is -2.29. The van der Waals surface area contributed by atoms with Gasteiger partial charge in [0.2, 0.25) is 5.91 Å². The van der Waals surface area contributed by atoms with Gasteiger partial charge in [0.05, 0.1) is 0 Å². The summed E-state index contributed by atoms with van der Waals surface area (Å²) in [5, 5.41) is 11.0. The number of carboxylic acids is 1. The lowest BCUT2D eigenvalue weighted by atomic mass is 10.1. The molecule has 0 aliphatic carbocycles. The molecule has 0 aliphatic rings. The maximum atomic E-state index is 11.4. The Hall–Kier alpha value is -1.79. The number of aliphatic carboxylic acids is 1. The topological polar surface area (TPSA) is 75.6 Å². The van der Waals surface area contributed by atoms with Gasteiger partial charge in [0, 0.05) is 11.8 Å². The predicted molar refractivity (Wildman–Crippen MR) is 84.3 cm³/mol. The molecule has 0 aromatic heterocycles. The normalized spacial score (nSPS) is 11.7. The van der Waals surface area contributed by atoms with Crippen LogP contribution >= 0.6 is 12.6 Å². The third kappa shape index (κ3) is 6.97. The first-order valence-corrected chi connectivity index (χ1v) is 7.01. The lowest BCUT2D eigenvalue weighted by molar-refractivity contribution is -0.143. The molecule has 6 heteroatoms. The minimum atomic E-state index is -1.10. The van der Waals surface area contributed by atoms with Crippen molar-refractivity contribution in [2.24, 2.45) is 0 Å². The second kappa shape index (κ2) is 9.20. The van der Waals surface area contributed by atoms with Crippen molar-refractivity contribution in [3.05, 3.63) is 42.0 Å². The maximum absolute atomic E-state index is 11.4. The van der Waals surface area contributed by atoms with E-state index in [0.717, 1.165) is 11.1 Å². The fraction of sp³-hybridized carbons (Fsp3) is 0.333. The molecular formula is C15H19NO4S. The van der Waals surface area contributed by atoms with Crippen molar-refractivity contribution in [1.82, 2.24) is 5.32 Å². The Kier molecular flexibility index (Phi) is 7.56. The summed E-state index contributed by atoms with van der Waals surface area (Å²) in [6, 6.07) is 7.88. The van der Waals surface area contributed by atoms with Crippen LogP contribution in [0.3, 0.4) is 0 Å². The van der Waals surface area contributed by atoms with Crippen LogP contribution in [0.1, 0.15) is 22.8 Å². The third-order valence-electron chi connectivity index (χ3n) is 2.76. The zero-order valence-corrected chi connectivity index (χ0v) is 12.5. The van der Waals surface area contributed by atoms with Gasteiger partial charge in [0.1, 0.15) is 13.2 Å². The zero-order chi connectivity index (χ0) is 15.7. The molecule has 0 bridgehead atoms. The van der Waals surface area contributed by atoms with Crippen molar-refractivity contribution in [3.8, 4) is 0 Å². The molecule has 114 valence electrons. The summed E-state index contributed by atoms with van der Waals surface area (Å²) in [5.74, 6) is -1.43. The van der Waals surface area contributed by atoms with Gasteiger partial charge in [-0.1, -0.05) is 36.9 Å². The molecule has 1 unspecified atom stereocenters. The quantitative estimate of drug-likeness (QED) is 0.609. The van der Waals surface area contributed by atoms with E-state index in [1.54, 1.807) is 6.08 Å². The molecule has 1 rings (SSSR count). The molecule has 0 spiro atoms. The number of hydrogen-bond donors (Lipinski definition) is 3. The van der Waals surface area contributed by atoms with E-state index >= 15 is 0 Å². The van der Waals surface area contributed by atoms with Gasteiger partial charge in [0.25, 0.3) is 0 Å². The highest BCUT2D eigenvalue weighted by molar-refractivity contribution is 7.80. The summed E-state index contributed by atoms with van der Waals surface area (Å²) >= 11 is 4.50. The van der Waals surface area contributed by atoms with Crippen LogP contribution in [-0.4, -0.2) is 36.7 Å². The SMILES string of the molecule is C=Cc1ccc(C(S)CCNC(=O)COCC(=O)O)cc1. The molecule has 0 heterocycles. The van der Waals surface area contributed by atoms with Crippen molar-refractivity contribution >= 4 is 30.6 Å². The molecule has 1 atom stereocenters. The van der Waals surface area contributed by atoms with Crippen LogP contribution in [0.25, 0.3) is 6.08 Å². The van der Waals surface area contributed by atoms with Gasteiger partial charge in [0.15, 0.2) is 0 Å². The average Bonchev–Trinajstić information content (AvgIpc) is 2.46. The van der Waals surface area contributed by atoms with Crippen LogP contribution in [0.2, 0.25) is 0 Å². The smallest absolute Gasteiger partial charge is 0.329 e. The number of thiol groups is 1. The average molecular weight is 309 g/mol. The number of carbonyl (C=O) groups is 2. The number of ether oxygens (including phenoxy) is 1. The monoisotopic (exact) mass is 309 g/mol. The lowest BCUT2D eigenvalue weighted by Gasteiger charge is -2.12. The van der Waals surface area contributed by atoms with E-state index in [2.05, 4.69) is 29.3 Å². The molecule has 0 aliphatic heterocycles. The zero-order valence-electron chi connectivity index (χ0n) is 11.6. The van der Waals surface area contributed by atoms with E-state index in [9.17, 15) is 9.59 Å². The second-order valence-electron chi connectivity index (χ2n) is 4.41. The van der Waals surface area contributed by atoms with Gasteiger partial charge < -0.3 is 15.2 Å². The fourth-order valence-corrected chi connectivity index (χ4v) is 1.95. The Balaban J connectivity index is 2.26. The van der Waals surface area contributed by atoms with E-state index in [1.165, 1.54) is 0 Å². The number of rotatable bonds is 9. The summed E-state index contributed by atoms with van der Waals surface area (Å²) < 4.78 is 4.68. The number of carbonyl (C=O) groups excluding carboxylic acids is 1. The Labute approximate surface area is 129 Å². The van der Waals surface area contributed by atoms with Crippen LogP contribution < -0.4 is 5.32 Å². The van der Waals surface area contributed by atoms with Gasteiger partial charge in [-0.05, 0) is 17.5 Å². The number of amides is 1. The molecule has 1 amide bonds. The maximum Gasteiger partial charge on any atom is 0.329 e. The molecule has 0 fully saturated rings. The van der Waals surface area contributed by atoms with E-state index in [-0.39, 0.29) is 17.8 Å². The van der Waals surface area contributed by atoms with Crippen molar-refractivity contribution in [1.29, 1.82) is 0 Å². The van der Waals surface area contributed by atoms with Gasteiger partial charge in [-0.3, -0.25) is 4.79 Å². The molecule has 1 aromatic rings. The number of benzene rings is 1. The van der Waals surface area contributed by atoms with Crippen molar-refractivity contribution in [2.45, 2.75) is 11.7 Å². The van der Waals surface area contributed by atoms with Crippen LogP contribution in [0, 0.1) is 0 Å². The number of hydrogen-bond acceptors (Lipinski definition) is 4. The summed E-state index contributed by atoms with van der Waals surface area (Å²) in [6.45, 7) is 3.42. The summed E-state index contributed by atoms with van der Waals surface area (Å²) in [6.07, 6.45) is 2.44. The molecule has 0 saturated carbocycles. The molecule has 2 N–H and O–H groups in total. The van der Waals surface area contributed by atoms with Crippen LogP contribution in [0.4, 0.5) is 0 Å². The Morgan fingerprint density at radius 1 is 1.33 bits per heavy atom. The van der Waals surface area contributed by atoms with E-state index in [1.807, 2.05) is 24.3 Å². The first kappa shape index (κ1) is 17.3. The van der Waals surface area contributed by atoms with E-state index in [0.29, 0.717) is 13.0 Å². The molecule has 21 heavy (non-hydrogen) atoms. The van der Waals surface area contributed by atoms with Crippen LogP contribution in [-0.2, 0) is 14.3 Å². The van der Waals surface area contributed by atoms with E-state index in [4.69, 9.17) is 5.11 Å². The molecular weight excluding hydrogens is 290 g/mol. The first-order chi connectivity index (χ1) is 10.0. The highest BCUT2D eigenvalue weighted by Gasteiger charge is 2.08. The summed E-state index contributed by atoms with van der Waals surface area (Å²) in [7, 11) is 0. The summed E-state index contributed by atoms with van der Waals surface area (Å²) in [5.41, 5.74) is 2.11. The highest BCUT2D eigenvalue weighted by atomic mass is 32.1. The molecule has 0 saturated heterocycles. The van der Waals surface area contributed by atoms with Crippen molar-refractivity contribution in [3.63, 3.8) is 0 Å². The van der Waals surface area contributed by atoms with Crippen molar-refractivity contribution < 1.29 is 19.4 Å². The van der Waals surface area contributed by atoms with Gasteiger partial charge >= 0.3 is 5.97 Å². The van der Waals surface area contributed by atoms with Gasteiger partial charge in [-0.25, -0.2) is 4.79 Å². The van der Waals surface area contributed by atoms with E-state index < -0.39 is 12.6 Å². The number of nitrogens with one attached hydrogen (secondary N) is 1.